The van der Waals surface area contributed by atoms with E-state index in [0.717, 1.165) is 4.90 Å². The Kier molecular flexibility index (Phi) is 5.12. The molecule has 21 heavy (non-hydrogen) atoms. The highest BCUT2D eigenvalue weighted by Gasteiger charge is 2.14. The number of hydrogen-bond donors (Lipinski definition) is 2. The SMILES string of the molecule is N#Cc1ccsc1NS(=O)(=O)CCSc1ccc(N)cc1. The minimum atomic E-state index is -3.45. The summed E-state index contributed by atoms with van der Waals surface area (Å²) in [5.74, 6) is 0.400. The second-order valence-electron chi connectivity index (χ2n) is 4.11. The van der Waals surface area contributed by atoms with Gasteiger partial charge in [-0.15, -0.1) is 23.1 Å². The van der Waals surface area contributed by atoms with Gasteiger partial charge >= 0.3 is 0 Å². The van der Waals surface area contributed by atoms with E-state index in [-0.39, 0.29) is 5.75 Å². The molecule has 0 saturated heterocycles. The van der Waals surface area contributed by atoms with Gasteiger partial charge in [0.25, 0.3) is 0 Å². The van der Waals surface area contributed by atoms with Crippen molar-refractivity contribution in [1.29, 1.82) is 5.26 Å². The van der Waals surface area contributed by atoms with E-state index in [1.54, 1.807) is 23.6 Å². The molecule has 0 aliphatic rings. The van der Waals surface area contributed by atoms with Gasteiger partial charge in [-0.1, -0.05) is 0 Å². The fourth-order valence-corrected chi connectivity index (χ4v) is 4.93. The highest BCUT2D eigenvalue weighted by molar-refractivity contribution is 8.01. The number of nitrogens with zero attached hydrogens (tertiary/aromatic N) is 1. The van der Waals surface area contributed by atoms with Gasteiger partial charge in [0.05, 0.1) is 11.3 Å². The molecule has 0 amide bonds. The lowest BCUT2D eigenvalue weighted by Crippen LogP contribution is -2.17. The maximum absolute atomic E-state index is 12.0. The zero-order valence-corrected chi connectivity index (χ0v) is 13.4. The molecule has 2 aromatic rings. The molecule has 0 spiro atoms. The first kappa shape index (κ1) is 15.7. The Morgan fingerprint density at radius 3 is 2.67 bits per heavy atom. The summed E-state index contributed by atoms with van der Waals surface area (Å²) in [4.78, 5) is 0.966. The fraction of sp³-hybridized carbons (Fsp3) is 0.154. The lowest BCUT2D eigenvalue weighted by atomic mass is 10.3. The van der Waals surface area contributed by atoms with E-state index in [9.17, 15) is 8.42 Å². The number of nitriles is 1. The summed E-state index contributed by atoms with van der Waals surface area (Å²) < 4.78 is 26.4. The zero-order valence-electron chi connectivity index (χ0n) is 10.9. The van der Waals surface area contributed by atoms with Crippen LogP contribution in [0.5, 0.6) is 0 Å². The summed E-state index contributed by atoms with van der Waals surface area (Å²) in [6.45, 7) is 0. The Morgan fingerprint density at radius 1 is 1.29 bits per heavy atom. The van der Waals surface area contributed by atoms with Crippen molar-refractivity contribution in [2.45, 2.75) is 4.90 Å². The van der Waals surface area contributed by atoms with Crippen molar-refractivity contribution in [2.75, 3.05) is 22.0 Å². The van der Waals surface area contributed by atoms with Crippen LogP contribution >= 0.6 is 23.1 Å². The van der Waals surface area contributed by atoms with Crippen LogP contribution in [-0.4, -0.2) is 19.9 Å². The molecule has 1 aromatic carbocycles. The smallest absolute Gasteiger partial charge is 0.234 e. The van der Waals surface area contributed by atoms with E-state index < -0.39 is 10.0 Å². The van der Waals surface area contributed by atoms with Gasteiger partial charge in [0.15, 0.2) is 0 Å². The summed E-state index contributed by atoms with van der Waals surface area (Å²) in [6.07, 6.45) is 0. The van der Waals surface area contributed by atoms with E-state index in [1.807, 2.05) is 18.2 Å². The normalized spacial score (nSPS) is 11.0. The van der Waals surface area contributed by atoms with Gasteiger partial charge in [-0.25, -0.2) is 8.42 Å². The molecule has 5 nitrogen and oxygen atoms in total. The molecule has 0 saturated carbocycles. The summed E-state index contributed by atoms with van der Waals surface area (Å²) in [7, 11) is -3.45. The van der Waals surface area contributed by atoms with Crippen LogP contribution in [0.4, 0.5) is 10.7 Å². The molecule has 1 aromatic heterocycles. The third-order valence-corrected chi connectivity index (χ3v) is 6.02. The molecule has 2 rings (SSSR count). The number of hydrogen-bond acceptors (Lipinski definition) is 6. The van der Waals surface area contributed by atoms with Crippen LogP contribution in [0.25, 0.3) is 0 Å². The van der Waals surface area contributed by atoms with Crippen molar-refractivity contribution in [2.24, 2.45) is 0 Å². The summed E-state index contributed by atoms with van der Waals surface area (Å²) in [5.41, 5.74) is 6.61. The lowest BCUT2D eigenvalue weighted by molar-refractivity contribution is 0.603. The predicted octanol–water partition coefficient (Wildman–Crippen LogP) is 2.74. The van der Waals surface area contributed by atoms with E-state index in [2.05, 4.69) is 4.72 Å². The molecule has 1 heterocycles. The first-order valence-electron chi connectivity index (χ1n) is 5.96. The van der Waals surface area contributed by atoms with Gasteiger partial charge in [0, 0.05) is 16.3 Å². The van der Waals surface area contributed by atoms with Crippen LogP contribution in [-0.2, 0) is 10.0 Å². The van der Waals surface area contributed by atoms with Crippen LogP contribution in [0, 0.1) is 11.3 Å². The van der Waals surface area contributed by atoms with E-state index in [1.165, 1.54) is 23.1 Å². The average molecular weight is 339 g/mol. The van der Waals surface area contributed by atoms with Gasteiger partial charge in [-0.3, -0.25) is 4.72 Å². The zero-order chi connectivity index (χ0) is 15.3. The Hall–Kier alpha value is -1.69. The molecule has 0 aliphatic heterocycles. The molecule has 110 valence electrons. The van der Waals surface area contributed by atoms with E-state index >= 15 is 0 Å². The number of sulfonamides is 1. The average Bonchev–Trinajstić information content (AvgIpc) is 2.87. The second kappa shape index (κ2) is 6.85. The molecule has 3 N–H and O–H groups in total. The van der Waals surface area contributed by atoms with Gasteiger partial charge in [-0.05, 0) is 35.7 Å². The highest BCUT2D eigenvalue weighted by Crippen LogP contribution is 2.24. The van der Waals surface area contributed by atoms with Gasteiger partial charge in [-0.2, -0.15) is 5.26 Å². The number of nitrogens with one attached hydrogen (secondary N) is 1. The van der Waals surface area contributed by atoms with Crippen LogP contribution in [0.2, 0.25) is 0 Å². The van der Waals surface area contributed by atoms with E-state index in [4.69, 9.17) is 11.0 Å². The molecule has 0 fully saturated rings. The number of benzene rings is 1. The molecular formula is C13H13N3O2S3. The number of thioether (sulfide) groups is 1. The van der Waals surface area contributed by atoms with Crippen LogP contribution in [0.15, 0.2) is 40.6 Å². The Morgan fingerprint density at radius 2 is 2.00 bits per heavy atom. The standard InChI is InChI=1S/C13H13N3O2S3/c14-9-10-5-6-20-13(10)16-21(17,18)8-7-19-12-3-1-11(15)2-4-12/h1-6,16H,7-8,15H2. The highest BCUT2D eigenvalue weighted by atomic mass is 32.2. The first-order valence-corrected chi connectivity index (χ1v) is 9.48. The van der Waals surface area contributed by atoms with Crippen molar-refractivity contribution in [3.8, 4) is 6.07 Å². The first-order chi connectivity index (χ1) is 10.00. The second-order valence-corrected chi connectivity index (χ2v) is 8.04. The molecule has 0 atom stereocenters. The van der Waals surface area contributed by atoms with Gasteiger partial charge in [0.2, 0.25) is 10.0 Å². The van der Waals surface area contributed by atoms with Crippen LogP contribution in [0.3, 0.4) is 0 Å². The summed E-state index contributed by atoms with van der Waals surface area (Å²) >= 11 is 2.64. The van der Waals surface area contributed by atoms with Crippen LogP contribution < -0.4 is 10.5 Å². The number of thiophene rings is 1. The topological polar surface area (TPSA) is 96.0 Å². The Bertz CT molecular complexity index is 746. The molecule has 0 radical (unpaired) electrons. The largest absolute Gasteiger partial charge is 0.399 e. The van der Waals surface area contributed by atoms with Gasteiger partial charge in [0.1, 0.15) is 11.1 Å². The Labute approximate surface area is 131 Å². The van der Waals surface area contributed by atoms with Crippen molar-refractivity contribution in [3.63, 3.8) is 0 Å². The van der Waals surface area contributed by atoms with Crippen molar-refractivity contribution < 1.29 is 8.42 Å². The molecular weight excluding hydrogens is 326 g/mol. The van der Waals surface area contributed by atoms with E-state index in [0.29, 0.717) is 22.0 Å². The molecule has 8 heteroatoms. The number of nitrogen functional groups attached to an aromatic ring is 1. The van der Waals surface area contributed by atoms with Gasteiger partial charge < -0.3 is 5.73 Å². The number of anilines is 2. The number of rotatable bonds is 6. The molecule has 0 aliphatic carbocycles. The molecule has 0 unspecified atom stereocenters. The van der Waals surface area contributed by atoms with Crippen molar-refractivity contribution >= 4 is 43.8 Å². The minimum Gasteiger partial charge on any atom is -0.399 e. The quantitative estimate of drug-likeness (QED) is 0.623. The fourth-order valence-electron chi connectivity index (χ4n) is 1.50. The third-order valence-electron chi connectivity index (χ3n) is 2.53. The Balaban J connectivity index is 1.90. The van der Waals surface area contributed by atoms with Crippen LogP contribution in [0.1, 0.15) is 5.56 Å². The predicted molar refractivity (Wildman–Crippen MR) is 88.0 cm³/mol. The maximum atomic E-state index is 12.0. The summed E-state index contributed by atoms with van der Waals surface area (Å²) in [5, 5.41) is 10.9. The maximum Gasteiger partial charge on any atom is 0.234 e. The summed E-state index contributed by atoms with van der Waals surface area (Å²) in [6, 6.07) is 10.8. The van der Waals surface area contributed by atoms with Crippen molar-refractivity contribution in [1.82, 2.24) is 0 Å². The van der Waals surface area contributed by atoms with Crippen molar-refractivity contribution in [3.05, 3.63) is 41.3 Å². The third kappa shape index (κ3) is 4.67. The molecule has 0 bridgehead atoms. The minimum absolute atomic E-state index is 0.0230. The monoisotopic (exact) mass is 339 g/mol. The lowest BCUT2D eigenvalue weighted by Gasteiger charge is -2.06. The number of nitrogens with two attached hydrogens (primary N) is 1.